The summed E-state index contributed by atoms with van der Waals surface area (Å²) in [5, 5.41) is 20.1. The molecule has 8 nitrogen and oxygen atoms in total. The Balaban J connectivity index is 2.24. The van der Waals surface area contributed by atoms with Gasteiger partial charge in [0.1, 0.15) is 6.54 Å². The SMILES string of the molecule is COC(=O)Cn1nnnc1SCCCCCC(=O)O. The predicted molar refractivity (Wildman–Crippen MR) is 66.7 cm³/mol. The van der Waals surface area contributed by atoms with E-state index in [2.05, 4.69) is 20.3 Å². The molecule has 0 saturated heterocycles. The van der Waals surface area contributed by atoms with E-state index in [4.69, 9.17) is 5.11 Å². The van der Waals surface area contributed by atoms with E-state index < -0.39 is 11.9 Å². The number of unbranched alkanes of at least 4 members (excludes halogenated alkanes) is 2. The Morgan fingerprint density at radius 1 is 1.37 bits per heavy atom. The second kappa shape index (κ2) is 8.46. The van der Waals surface area contributed by atoms with Crippen molar-refractivity contribution in [1.82, 2.24) is 20.2 Å². The van der Waals surface area contributed by atoms with Gasteiger partial charge in [0.2, 0.25) is 5.16 Å². The molecule has 0 unspecified atom stereocenters. The molecule has 0 atom stereocenters. The molecule has 9 heteroatoms. The van der Waals surface area contributed by atoms with Crippen LogP contribution in [-0.2, 0) is 20.9 Å². The molecule has 0 saturated carbocycles. The van der Waals surface area contributed by atoms with E-state index in [-0.39, 0.29) is 13.0 Å². The molecule has 106 valence electrons. The van der Waals surface area contributed by atoms with E-state index in [1.54, 1.807) is 0 Å². The number of hydrogen-bond donors (Lipinski definition) is 1. The van der Waals surface area contributed by atoms with Crippen molar-refractivity contribution in [3.63, 3.8) is 0 Å². The fraction of sp³-hybridized carbons (Fsp3) is 0.700. The quantitative estimate of drug-likeness (QED) is 0.399. The summed E-state index contributed by atoms with van der Waals surface area (Å²) in [4.78, 5) is 21.4. The fourth-order valence-electron chi connectivity index (χ4n) is 1.30. The number of methoxy groups -OCH3 is 1. The number of nitrogens with zero attached hydrogens (tertiary/aromatic N) is 4. The van der Waals surface area contributed by atoms with Crippen LogP contribution in [0.3, 0.4) is 0 Å². The van der Waals surface area contributed by atoms with E-state index in [9.17, 15) is 9.59 Å². The number of ether oxygens (including phenoxy) is 1. The molecule has 0 fully saturated rings. The third-order valence-electron chi connectivity index (χ3n) is 2.27. The summed E-state index contributed by atoms with van der Waals surface area (Å²) >= 11 is 1.44. The van der Waals surface area contributed by atoms with Crippen LogP contribution in [0.25, 0.3) is 0 Å². The van der Waals surface area contributed by atoms with Gasteiger partial charge in [-0.2, -0.15) is 0 Å². The number of carboxylic acids is 1. The molecule has 1 aromatic rings. The number of aliphatic carboxylic acids is 1. The third kappa shape index (κ3) is 6.18. The Labute approximate surface area is 114 Å². The summed E-state index contributed by atoms with van der Waals surface area (Å²) in [5.74, 6) is -0.397. The number of rotatable bonds is 9. The summed E-state index contributed by atoms with van der Waals surface area (Å²) in [7, 11) is 1.31. The lowest BCUT2D eigenvalue weighted by molar-refractivity contribution is -0.141. The minimum atomic E-state index is -0.769. The maximum absolute atomic E-state index is 11.1. The number of carbonyl (C=O) groups excluding carboxylic acids is 1. The van der Waals surface area contributed by atoms with Crippen molar-refractivity contribution in [2.75, 3.05) is 12.9 Å². The molecule has 1 heterocycles. The second-order valence-corrected chi connectivity index (χ2v) is 4.81. The van der Waals surface area contributed by atoms with Crippen LogP contribution in [0.4, 0.5) is 0 Å². The number of thioether (sulfide) groups is 1. The van der Waals surface area contributed by atoms with Crippen LogP contribution >= 0.6 is 11.8 Å². The van der Waals surface area contributed by atoms with Gasteiger partial charge in [0, 0.05) is 12.2 Å². The highest BCUT2D eigenvalue weighted by Crippen LogP contribution is 2.16. The lowest BCUT2D eigenvalue weighted by Crippen LogP contribution is -2.13. The second-order valence-electron chi connectivity index (χ2n) is 3.75. The van der Waals surface area contributed by atoms with Crippen molar-refractivity contribution in [2.45, 2.75) is 37.4 Å². The molecule has 0 aliphatic heterocycles. The smallest absolute Gasteiger partial charge is 0.327 e. The standard InChI is InChI=1S/C10H16N4O4S/c1-18-9(17)7-14-10(11-12-13-14)19-6-4-2-3-5-8(15)16/h2-7H2,1H3,(H,15,16). The lowest BCUT2D eigenvalue weighted by Gasteiger charge is -2.02. The number of carboxylic acid groups (broad SMARTS) is 1. The van der Waals surface area contributed by atoms with E-state index >= 15 is 0 Å². The predicted octanol–water partition coefficient (Wildman–Crippen LogP) is 0.583. The van der Waals surface area contributed by atoms with Gasteiger partial charge in [-0.3, -0.25) is 9.59 Å². The van der Waals surface area contributed by atoms with E-state index in [0.29, 0.717) is 11.6 Å². The fourth-order valence-corrected chi connectivity index (χ4v) is 2.18. The van der Waals surface area contributed by atoms with Crippen LogP contribution in [0.15, 0.2) is 5.16 Å². The van der Waals surface area contributed by atoms with Gasteiger partial charge in [-0.15, -0.1) is 5.10 Å². The number of carbonyl (C=O) groups is 2. The van der Waals surface area contributed by atoms with E-state index in [1.807, 2.05) is 0 Å². The van der Waals surface area contributed by atoms with Crippen molar-refractivity contribution in [3.8, 4) is 0 Å². The first kappa shape index (κ1) is 15.4. The first-order chi connectivity index (χ1) is 9.13. The minimum absolute atomic E-state index is 0.00908. The molecule has 1 N–H and O–H groups in total. The first-order valence-electron chi connectivity index (χ1n) is 5.81. The molecule has 0 bridgehead atoms. The summed E-state index contributed by atoms with van der Waals surface area (Å²) < 4.78 is 5.92. The highest BCUT2D eigenvalue weighted by molar-refractivity contribution is 7.99. The van der Waals surface area contributed by atoms with Gasteiger partial charge < -0.3 is 9.84 Å². The average molecular weight is 288 g/mol. The molecule has 0 aliphatic rings. The zero-order valence-corrected chi connectivity index (χ0v) is 11.4. The normalized spacial score (nSPS) is 10.4. The number of esters is 1. The van der Waals surface area contributed by atoms with Crippen LogP contribution in [-0.4, -0.2) is 50.1 Å². The number of tetrazole rings is 1. The van der Waals surface area contributed by atoms with Gasteiger partial charge in [0.15, 0.2) is 0 Å². The van der Waals surface area contributed by atoms with Crippen LogP contribution in [0.1, 0.15) is 25.7 Å². The molecule has 1 aromatic heterocycles. The third-order valence-corrected chi connectivity index (χ3v) is 3.32. The average Bonchev–Trinajstić information content (AvgIpc) is 2.80. The summed E-state index contributed by atoms with van der Waals surface area (Å²) in [5.41, 5.74) is 0. The molecule has 0 aliphatic carbocycles. The van der Waals surface area contributed by atoms with Gasteiger partial charge in [-0.05, 0) is 23.3 Å². The highest BCUT2D eigenvalue weighted by Gasteiger charge is 2.10. The molecule has 19 heavy (non-hydrogen) atoms. The van der Waals surface area contributed by atoms with Crippen molar-refractivity contribution in [3.05, 3.63) is 0 Å². The van der Waals surface area contributed by atoms with Crippen LogP contribution in [0, 0.1) is 0 Å². The Kier molecular flexibility index (Phi) is 6.86. The Hall–Kier alpha value is -1.64. The van der Waals surface area contributed by atoms with Crippen molar-refractivity contribution >= 4 is 23.7 Å². The first-order valence-corrected chi connectivity index (χ1v) is 6.79. The van der Waals surface area contributed by atoms with Gasteiger partial charge in [-0.25, -0.2) is 4.68 Å². The molecular weight excluding hydrogens is 272 g/mol. The molecular formula is C10H16N4O4S. The highest BCUT2D eigenvalue weighted by atomic mass is 32.2. The molecule has 0 amide bonds. The van der Waals surface area contributed by atoms with E-state index in [1.165, 1.54) is 23.6 Å². The topological polar surface area (TPSA) is 107 Å². The molecule has 0 spiro atoms. The summed E-state index contributed by atoms with van der Waals surface area (Å²) in [6.45, 7) is -0.00908. The number of aromatic nitrogens is 4. The molecule has 0 aromatic carbocycles. The van der Waals surface area contributed by atoms with Gasteiger partial charge in [0.25, 0.3) is 0 Å². The largest absolute Gasteiger partial charge is 0.481 e. The Morgan fingerprint density at radius 3 is 2.84 bits per heavy atom. The van der Waals surface area contributed by atoms with Crippen molar-refractivity contribution < 1.29 is 19.4 Å². The van der Waals surface area contributed by atoms with Gasteiger partial charge in [0.05, 0.1) is 7.11 Å². The molecule has 1 rings (SSSR count). The van der Waals surface area contributed by atoms with Crippen molar-refractivity contribution in [2.24, 2.45) is 0 Å². The van der Waals surface area contributed by atoms with Crippen LogP contribution in [0.5, 0.6) is 0 Å². The van der Waals surface area contributed by atoms with E-state index in [0.717, 1.165) is 18.6 Å². The van der Waals surface area contributed by atoms with Crippen LogP contribution < -0.4 is 0 Å². The molecule has 0 radical (unpaired) electrons. The summed E-state index contributed by atoms with van der Waals surface area (Å²) in [6.07, 6.45) is 2.59. The monoisotopic (exact) mass is 288 g/mol. The Bertz CT molecular complexity index is 423. The maximum Gasteiger partial charge on any atom is 0.327 e. The summed E-state index contributed by atoms with van der Waals surface area (Å²) in [6, 6.07) is 0. The maximum atomic E-state index is 11.1. The van der Waals surface area contributed by atoms with Crippen LogP contribution in [0.2, 0.25) is 0 Å². The lowest BCUT2D eigenvalue weighted by atomic mass is 10.2. The number of hydrogen-bond acceptors (Lipinski definition) is 7. The zero-order chi connectivity index (χ0) is 14.1. The zero-order valence-electron chi connectivity index (χ0n) is 10.6. The van der Waals surface area contributed by atoms with Gasteiger partial charge >= 0.3 is 11.9 Å². The Morgan fingerprint density at radius 2 is 2.16 bits per heavy atom. The van der Waals surface area contributed by atoms with Gasteiger partial charge in [-0.1, -0.05) is 18.2 Å². The minimum Gasteiger partial charge on any atom is -0.481 e. The van der Waals surface area contributed by atoms with Crippen molar-refractivity contribution in [1.29, 1.82) is 0 Å².